The molecule has 24 heavy (non-hydrogen) atoms. The monoisotopic (exact) mass is 339 g/mol. The van der Waals surface area contributed by atoms with Crippen LogP contribution >= 0.6 is 11.5 Å². The molecule has 0 aliphatic heterocycles. The summed E-state index contributed by atoms with van der Waals surface area (Å²) in [6.07, 6.45) is 6.91. The van der Waals surface area contributed by atoms with Crippen LogP contribution in [0.25, 0.3) is 15.8 Å². The predicted molar refractivity (Wildman–Crippen MR) is 105 cm³/mol. The van der Waals surface area contributed by atoms with Gasteiger partial charge in [-0.2, -0.15) is 0 Å². The third-order valence-electron chi connectivity index (χ3n) is 4.47. The highest BCUT2D eigenvalue weighted by Crippen LogP contribution is 2.24. The van der Waals surface area contributed by atoms with E-state index in [0.29, 0.717) is 0 Å². The molecular formula is C21H25NOS. The Kier molecular flexibility index (Phi) is 5.52. The van der Waals surface area contributed by atoms with Crippen LogP contribution in [0.3, 0.4) is 0 Å². The van der Waals surface area contributed by atoms with Gasteiger partial charge < -0.3 is 0 Å². The number of hydrogen-bond donors (Lipinski definition) is 0. The topological polar surface area (TPSA) is 22.0 Å². The molecule has 0 aliphatic rings. The highest BCUT2D eigenvalue weighted by molar-refractivity contribution is 7.14. The maximum absolute atomic E-state index is 12.8. The van der Waals surface area contributed by atoms with Crippen molar-refractivity contribution >= 4 is 21.6 Å². The van der Waals surface area contributed by atoms with Gasteiger partial charge >= 0.3 is 0 Å². The summed E-state index contributed by atoms with van der Waals surface area (Å²) >= 11 is 1.55. The second-order valence-electron chi connectivity index (χ2n) is 6.36. The molecule has 126 valence electrons. The molecule has 0 radical (unpaired) electrons. The lowest BCUT2D eigenvalue weighted by atomic mass is 10.0. The van der Waals surface area contributed by atoms with Gasteiger partial charge in [-0.1, -0.05) is 62.5 Å². The van der Waals surface area contributed by atoms with E-state index in [4.69, 9.17) is 0 Å². The first-order chi connectivity index (χ1) is 11.7. The van der Waals surface area contributed by atoms with Gasteiger partial charge in [0.25, 0.3) is 5.56 Å². The van der Waals surface area contributed by atoms with Crippen molar-refractivity contribution < 1.29 is 0 Å². The van der Waals surface area contributed by atoms with E-state index in [0.717, 1.165) is 35.0 Å². The molecule has 0 saturated carbocycles. The standard InChI is InChI=1S/C21H25NOS/c1-3-5-9-16-13-14-19(17(15-16)10-6-4-2)22-21(23)18-11-7-8-12-20(18)24-22/h7-8,11-15H,3-6,9-10H2,1-2H3. The SMILES string of the molecule is CCCCc1ccc(-n2sc3ccccc3c2=O)c(CCCC)c1. The lowest BCUT2D eigenvalue weighted by molar-refractivity contribution is 0.777. The van der Waals surface area contributed by atoms with Gasteiger partial charge in [0.2, 0.25) is 0 Å². The molecule has 3 rings (SSSR count). The van der Waals surface area contributed by atoms with Crippen molar-refractivity contribution in [1.29, 1.82) is 0 Å². The number of aromatic nitrogens is 1. The van der Waals surface area contributed by atoms with Gasteiger partial charge in [-0.15, -0.1) is 0 Å². The first kappa shape index (κ1) is 17.0. The van der Waals surface area contributed by atoms with Gasteiger partial charge in [-0.05, 0) is 55.0 Å². The van der Waals surface area contributed by atoms with Crippen molar-refractivity contribution in [1.82, 2.24) is 3.96 Å². The minimum absolute atomic E-state index is 0.106. The number of unbranched alkanes of at least 4 members (excludes halogenated alkanes) is 2. The van der Waals surface area contributed by atoms with Crippen molar-refractivity contribution in [3.05, 3.63) is 63.9 Å². The third-order valence-corrected chi connectivity index (χ3v) is 5.57. The zero-order valence-electron chi connectivity index (χ0n) is 14.5. The quantitative estimate of drug-likeness (QED) is 0.538. The van der Waals surface area contributed by atoms with Gasteiger partial charge in [0, 0.05) is 0 Å². The number of benzene rings is 2. The molecule has 0 fully saturated rings. The molecule has 0 aliphatic carbocycles. The van der Waals surface area contributed by atoms with E-state index >= 15 is 0 Å². The van der Waals surface area contributed by atoms with Gasteiger partial charge in [-0.25, -0.2) is 3.96 Å². The Morgan fingerprint density at radius 1 is 0.958 bits per heavy atom. The lowest BCUT2D eigenvalue weighted by Crippen LogP contribution is -2.13. The molecule has 2 nitrogen and oxygen atoms in total. The third kappa shape index (κ3) is 3.46. The molecule has 0 saturated heterocycles. The van der Waals surface area contributed by atoms with Gasteiger partial charge in [0.1, 0.15) is 0 Å². The van der Waals surface area contributed by atoms with E-state index in [1.807, 2.05) is 28.2 Å². The maximum Gasteiger partial charge on any atom is 0.273 e. The highest BCUT2D eigenvalue weighted by Gasteiger charge is 2.12. The molecule has 1 heterocycles. The number of aryl methyl sites for hydroxylation is 2. The second kappa shape index (κ2) is 7.80. The fraction of sp³-hybridized carbons (Fsp3) is 0.381. The van der Waals surface area contributed by atoms with Crippen LogP contribution in [-0.2, 0) is 12.8 Å². The van der Waals surface area contributed by atoms with Crippen LogP contribution in [0.4, 0.5) is 0 Å². The second-order valence-corrected chi connectivity index (χ2v) is 7.34. The van der Waals surface area contributed by atoms with E-state index in [1.165, 1.54) is 30.4 Å². The van der Waals surface area contributed by atoms with Crippen molar-refractivity contribution in [2.24, 2.45) is 0 Å². The van der Waals surface area contributed by atoms with E-state index < -0.39 is 0 Å². The average molecular weight is 340 g/mol. The van der Waals surface area contributed by atoms with Crippen LogP contribution < -0.4 is 5.56 Å². The van der Waals surface area contributed by atoms with Crippen molar-refractivity contribution in [3.8, 4) is 5.69 Å². The van der Waals surface area contributed by atoms with Crippen LogP contribution in [0.1, 0.15) is 50.7 Å². The summed E-state index contributed by atoms with van der Waals surface area (Å²) in [5.74, 6) is 0. The van der Waals surface area contributed by atoms with Gasteiger partial charge in [0.05, 0.1) is 15.8 Å². The summed E-state index contributed by atoms with van der Waals surface area (Å²) in [6.45, 7) is 4.44. The van der Waals surface area contributed by atoms with Crippen LogP contribution in [0.5, 0.6) is 0 Å². The molecule has 0 atom stereocenters. The smallest absolute Gasteiger partial charge is 0.267 e. The molecule has 0 spiro atoms. The zero-order chi connectivity index (χ0) is 16.9. The van der Waals surface area contributed by atoms with Gasteiger partial charge in [0.15, 0.2) is 0 Å². The summed E-state index contributed by atoms with van der Waals surface area (Å²) in [5, 5.41) is 0.819. The fourth-order valence-electron chi connectivity index (χ4n) is 3.07. The Morgan fingerprint density at radius 2 is 1.71 bits per heavy atom. The molecule has 0 amide bonds. The average Bonchev–Trinajstić information content (AvgIpc) is 2.95. The zero-order valence-corrected chi connectivity index (χ0v) is 15.4. The lowest BCUT2D eigenvalue weighted by Gasteiger charge is -2.11. The molecule has 0 N–H and O–H groups in total. The van der Waals surface area contributed by atoms with E-state index in [9.17, 15) is 4.79 Å². The Bertz CT molecular complexity index is 875. The van der Waals surface area contributed by atoms with Crippen molar-refractivity contribution in [3.63, 3.8) is 0 Å². The van der Waals surface area contributed by atoms with E-state index in [-0.39, 0.29) is 5.56 Å². The van der Waals surface area contributed by atoms with Crippen molar-refractivity contribution in [2.45, 2.75) is 52.4 Å². The Hall–Kier alpha value is -1.87. The Morgan fingerprint density at radius 3 is 2.46 bits per heavy atom. The van der Waals surface area contributed by atoms with Crippen LogP contribution in [0, 0.1) is 0 Å². The first-order valence-electron chi connectivity index (χ1n) is 8.97. The number of rotatable bonds is 7. The summed E-state index contributed by atoms with van der Waals surface area (Å²) < 4.78 is 2.93. The Balaban J connectivity index is 2.07. The molecule has 0 unspecified atom stereocenters. The van der Waals surface area contributed by atoms with E-state index in [2.05, 4.69) is 32.0 Å². The molecule has 3 heteroatoms. The summed E-state index contributed by atoms with van der Waals surface area (Å²) in [5.41, 5.74) is 3.87. The molecule has 0 bridgehead atoms. The maximum atomic E-state index is 12.8. The summed E-state index contributed by atoms with van der Waals surface area (Å²) in [4.78, 5) is 12.8. The Labute approximate surface area is 147 Å². The first-order valence-corrected chi connectivity index (χ1v) is 9.75. The fourth-order valence-corrected chi connectivity index (χ4v) is 4.12. The van der Waals surface area contributed by atoms with Crippen LogP contribution in [-0.4, -0.2) is 3.96 Å². The normalized spacial score (nSPS) is 11.2. The summed E-state index contributed by atoms with van der Waals surface area (Å²) in [6, 6.07) is 14.5. The number of nitrogens with zero attached hydrogens (tertiary/aromatic N) is 1. The predicted octanol–water partition coefficient (Wildman–Crippen LogP) is 5.74. The van der Waals surface area contributed by atoms with E-state index in [1.54, 1.807) is 11.5 Å². The number of fused-ring (bicyclic) bond motifs is 1. The highest BCUT2D eigenvalue weighted by atomic mass is 32.1. The number of hydrogen-bond acceptors (Lipinski definition) is 2. The van der Waals surface area contributed by atoms with Gasteiger partial charge in [-0.3, -0.25) is 4.79 Å². The molecule has 2 aromatic carbocycles. The minimum atomic E-state index is 0.106. The minimum Gasteiger partial charge on any atom is -0.267 e. The largest absolute Gasteiger partial charge is 0.273 e. The molecule has 3 aromatic rings. The van der Waals surface area contributed by atoms with Crippen LogP contribution in [0.2, 0.25) is 0 Å². The molecule has 1 aromatic heterocycles. The van der Waals surface area contributed by atoms with Crippen molar-refractivity contribution in [2.75, 3.05) is 0 Å². The van der Waals surface area contributed by atoms with Crippen LogP contribution in [0.15, 0.2) is 47.3 Å². The summed E-state index contributed by atoms with van der Waals surface area (Å²) in [7, 11) is 0. The molecular weight excluding hydrogens is 314 g/mol.